The van der Waals surface area contributed by atoms with Crippen molar-refractivity contribution in [2.75, 3.05) is 5.32 Å². The average Bonchev–Trinajstić information content (AvgIpc) is 2.15. The maximum absolute atomic E-state index is 10.6. The van der Waals surface area contributed by atoms with E-state index in [4.69, 9.17) is 10.4 Å². The number of carboxylic acids is 1. The predicted octanol–water partition coefficient (Wildman–Crippen LogP) is 1.85. The zero-order valence-corrected chi connectivity index (χ0v) is 10.1. The van der Waals surface area contributed by atoms with Crippen molar-refractivity contribution in [1.82, 2.24) is 4.98 Å². The summed E-state index contributed by atoms with van der Waals surface area (Å²) in [5.41, 5.74) is 2.56. The van der Waals surface area contributed by atoms with Gasteiger partial charge < -0.3 is 10.4 Å². The number of rotatable bonds is 4. The Morgan fingerprint density at radius 1 is 1.65 bits per heavy atom. The highest BCUT2D eigenvalue weighted by Crippen LogP contribution is 2.19. The standard InChI is InChI=1S/C12H15N3O2/c1-7-4-11(10(6-13)9(3)14-7)15-8(2)5-12(16)17/h4,8H,5H2,1-3H3,(H,14,15)(H,16,17). The molecule has 0 bridgehead atoms. The second kappa shape index (κ2) is 5.30. The third-order valence-electron chi connectivity index (χ3n) is 2.32. The van der Waals surface area contributed by atoms with E-state index < -0.39 is 5.97 Å². The fraction of sp³-hybridized carbons (Fsp3) is 0.417. The minimum absolute atomic E-state index is 0.00524. The SMILES string of the molecule is Cc1cc(NC(C)CC(=O)O)c(C#N)c(C)n1. The van der Waals surface area contributed by atoms with Crippen molar-refractivity contribution in [1.29, 1.82) is 5.26 Å². The van der Waals surface area contributed by atoms with E-state index in [0.29, 0.717) is 16.9 Å². The fourth-order valence-electron chi connectivity index (χ4n) is 1.66. The summed E-state index contributed by atoms with van der Waals surface area (Å²) in [5.74, 6) is -0.869. The number of nitriles is 1. The van der Waals surface area contributed by atoms with Gasteiger partial charge in [0, 0.05) is 11.7 Å². The molecule has 2 N–H and O–H groups in total. The molecule has 0 aliphatic rings. The molecule has 0 radical (unpaired) electrons. The summed E-state index contributed by atoms with van der Waals surface area (Å²) in [4.78, 5) is 14.8. The summed E-state index contributed by atoms with van der Waals surface area (Å²) in [6.45, 7) is 5.36. The molecule has 0 amide bonds. The number of hydrogen-bond acceptors (Lipinski definition) is 4. The number of anilines is 1. The molecule has 1 unspecified atom stereocenters. The van der Waals surface area contributed by atoms with Crippen molar-refractivity contribution in [2.45, 2.75) is 33.2 Å². The van der Waals surface area contributed by atoms with Crippen LogP contribution < -0.4 is 5.32 Å². The summed E-state index contributed by atoms with van der Waals surface area (Å²) >= 11 is 0. The van der Waals surface area contributed by atoms with Crippen LogP contribution in [0.2, 0.25) is 0 Å². The van der Waals surface area contributed by atoms with E-state index in [2.05, 4.69) is 16.4 Å². The normalized spacial score (nSPS) is 11.6. The molecule has 0 aliphatic heterocycles. The fourth-order valence-corrected chi connectivity index (χ4v) is 1.66. The molecular weight excluding hydrogens is 218 g/mol. The van der Waals surface area contributed by atoms with E-state index in [0.717, 1.165) is 5.69 Å². The number of aliphatic carboxylic acids is 1. The first-order chi connectivity index (χ1) is 7.93. The number of pyridine rings is 1. The molecule has 5 nitrogen and oxygen atoms in total. The largest absolute Gasteiger partial charge is 0.481 e. The number of carbonyl (C=O) groups is 1. The lowest BCUT2D eigenvalue weighted by Gasteiger charge is -2.15. The van der Waals surface area contributed by atoms with Crippen molar-refractivity contribution in [3.05, 3.63) is 23.0 Å². The van der Waals surface area contributed by atoms with Crippen LogP contribution in [0.25, 0.3) is 0 Å². The van der Waals surface area contributed by atoms with E-state index in [1.165, 1.54) is 0 Å². The Labute approximate surface area is 100 Å². The highest BCUT2D eigenvalue weighted by molar-refractivity contribution is 5.69. The van der Waals surface area contributed by atoms with E-state index in [1.54, 1.807) is 19.9 Å². The number of aromatic nitrogens is 1. The van der Waals surface area contributed by atoms with Crippen LogP contribution in [0.4, 0.5) is 5.69 Å². The van der Waals surface area contributed by atoms with Gasteiger partial charge in [-0.2, -0.15) is 5.26 Å². The van der Waals surface area contributed by atoms with Crippen LogP contribution in [0.5, 0.6) is 0 Å². The van der Waals surface area contributed by atoms with E-state index >= 15 is 0 Å². The van der Waals surface area contributed by atoms with E-state index in [-0.39, 0.29) is 12.5 Å². The Morgan fingerprint density at radius 3 is 2.82 bits per heavy atom. The predicted molar refractivity (Wildman–Crippen MR) is 63.8 cm³/mol. The van der Waals surface area contributed by atoms with Crippen molar-refractivity contribution in [3.8, 4) is 6.07 Å². The molecule has 1 aromatic rings. The molecule has 1 atom stereocenters. The molecule has 1 aromatic heterocycles. The van der Waals surface area contributed by atoms with Crippen LogP contribution in [0, 0.1) is 25.2 Å². The van der Waals surface area contributed by atoms with Crippen LogP contribution >= 0.6 is 0 Å². The Kier molecular flexibility index (Phi) is 4.05. The number of nitrogens with zero attached hydrogens (tertiary/aromatic N) is 2. The highest BCUT2D eigenvalue weighted by Gasteiger charge is 2.12. The molecule has 90 valence electrons. The van der Waals surface area contributed by atoms with Gasteiger partial charge in [-0.3, -0.25) is 9.78 Å². The Balaban J connectivity index is 2.98. The molecule has 0 fully saturated rings. The van der Waals surface area contributed by atoms with Gasteiger partial charge in [0.2, 0.25) is 0 Å². The summed E-state index contributed by atoms with van der Waals surface area (Å²) < 4.78 is 0. The highest BCUT2D eigenvalue weighted by atomic mass is 16.4. The van der Waals surface area contributed by atoms with Gasteiger partial charge in [0.15, 0.2) is 0 Å². The van der Waals surface area contributed by atoms with Gasteiger partial charge in [0.05, 0.1) is 23.4 Å². The summed E-state index contributed by atoms with van der Waals surface area (Å²) in [5, 5.41) is 20.7. The first-order valence-corrected chi connectivity index (χ1v) is 5.30. The molecule has 0 saturated carbocycles. The molecular formula is C12H15N3O2. The molecule has 0 aliphatic carbocycles. The van der Waals surface area contributed by atoms with Crippen molar-refractivity contribution in [3.63, 3.8) is 0 Å². The molecule has 5 heteroatoms. The van der Waals surface area contributed by atoms with Gasteiger partial charge >= 0.3 is 5.97 Å². The van der Waals surface area contributed by atoms with Gasteiger partial charge in [-0.05, 0) is 26.8 Å². The van der Waals surface area contributed by atoms with Crippen LogP contribution in [0.3, 0.4) is 0 Å². The topological polar surface area (TPSA) is 86.0 Å². The quantitative estimate of drug-likeness (QED) is 0.828. The smallest absolute Gasteiger partial charge is 0.305 e. The van der Waals surface area contributed by atoms with Crippen molar-refractivity contribution >= 4 is 11.7 Å². The van der Waals surface area contributed by atoms with Crippen molar-refractivity contribution in [2.24, 2.45) is 0 Å². The van der Waals surface area contributed by atoms with Gasteiger partial charge in [0.1, 0.15) is 6.07 Å². The van der Waals surface area contributed by atoms with Gasteiger partial charge in [-0.25, -0.2) is 0 Å². The molecule has 17 heavy (non-hydrogen) atoms. The zero-order chi connectivity index (χ0) is 13.0. The summed E-state index contributed by atoms with van der Waals surface area (Å²) in [6.07, 6.45) is 0.00524. The summed E-state index contributed by atoms with van der Waals surface area (Å²) in [7, 11) is 0. The summed E-state index contributed by atoms with van der Waals surface area (Å²) in [6, 6.07) is 3.60. The second-order valence-corrected chi connectivity index (χ2v) is 4.03. The zero-order valence-electron chi connectivity index (χ0n) is 10.1. The number of carboxylic acid groups (broad SMARTS) is 1. The Bertz CT molecular complexity index is 477. The minimum Gasteiger partial charge on any atom is -0.481 e. The minimum atomic E-state index is -0.869. The van der Waals surface area contributed by atoms with Crippen LogP contribution in [0.15, 0.2) is 6.07 Å². The maximum atomic E-state index is 10.6. The van der Waals surface area contributed by atoms with Crippen LogP contribution in [-0.2, 0) is 4.79 Å². The average molecular weight is 233 g/mol. The molecule has 0 aromatic carbocycles. The number of aryl methyl sites for hydroxylation is 2. The van der Waals surface area contributed by atoms with E-state index in [9.17, 15) is 4.79 Å². The van der Waals surface area contributed by atoms with Gasteiger partial charge in [0.25, 0.3) is 0 Å². The van der Waals surface area contributed by atoms with Gasteiger partial charge in [-0.1, -0.05) is 0 Å². The first-order valence-electron chi connectivity index (χ1n) is 5.30. The van der Waals surface area contributed by atoms with E-state index in [1.807, 2.05) is 6.92 Å². The molecule has 1 heterocycles. The lowest BCUT2D eigenvalue weighted by Crippen LogP contribution is -2.20. The van der Waals surface area contributed by atoms with Crippen molar-refractivity contribution < 1.29 is 9.90 Å². The monoisotopic (exact) mass is 233 g/mol. The third-order valence-corrected chi connectivity index (χ3v) is 2.32. The van der Waals surface area contributed by atoms with Gasteiger partial charge in [-0.15, -0.1) is 0 Å². The molecule has 0 saturated heterocycles. The maximum Gasteiger partial charge on any atom is 0.305 e. The molecule has 0 spiro atoms. The van der Waals surface area contributed by atoms with Crippen LogP contribution in [-0.4, -0.2) is 22.1 Å². The Morgan fingerprint density at radius 2 is 2.29 bits per heavy atom. The Hall–Kier alpha value is -2.09. The lowest BCUT2D eigenvalue weighted by molar-refractivity contribution is -0.137. The number of nitrogens with one attached hydrogen (secondary N) is 1. The second-order valence-electron chi connectivity index (χ2n) is 4.03. The lowest BCUT2D eigenvalue weighted by atomic mass is 10.1. The molecule has 1 rings (SSSR count). The third kappa shape index (κ3) is 3.45. The number of hydrogen-bond donors (Lipinski definition) is 2. The first kappa shape index (κ1) is 13.0. The van der Waals surface area contributed by atoms with Crippen LogP contribution in [0.1, 0.15) is 30.3 Å².